The van der Waals surface area contributed by atoms with Crippen molar-refractivity contribution in [2.75, 3.05) is 38.7 Å². The summed E-state index contributed by atoms with van der Waals surface area (Å²) in [5.74, 6) is 0.705. The molecule has 4 heterocycles. The standard InChI is InChI=1S/C18H22N4O3/c1-21(2)17-19-11-13-4-10-25-18(15(13)20-17)5-7-22(8-6-18)16(23)14-3-9-24-12-14/h3,9,11-12H,4-8,10H2,1-2H3. The third-order valence-corrected chi connectivity index (χ3v) is 5.06. The van der Waals surface area contributed by atoms with E-state index < -0.39 is 5.60 Å². The molecule has 2 aromatic heterocycles. The van der Waals surface area contributed by atoms with Gasteiger partial charge in [0.05, 0.1) is 24.1 Å². The molecule has 1 amide bonds. The SMILES string of the molecule is CN(C)c1ncc2c(n1)C1(CCN(C(=O)c3ccoc3)CC1)OCC2. The summed E-state index contributed by atoms with van der Waals surface area (Å²) in [6, 6.07) is 1.70. The first-order valence-electron chi connectivity index (χ1n) is 8.58. The van der Waals surface area contributed by atoms with E-state index in [1.54, 1.807) is 6.07 Å². The van der Waals surface area contributed by atoms with Gasteiger partial charge in [0.15, 0.2) is 0 Å². The predicted octanol–water partition coefficient (Wildman–Crippen LogP) is 1.84. The molecule has 4 rings (SSSR count). The molecule has 0 aromatic carbocycles. The second-order valence-corrected chi connectivity index (χ2v) is 6.84. The van der Waals surface area contributed by atoms with E-state index in [4.69, 9.17) is 14.1 Å². The molecule has 1 saturated heterocycles. The molecule has 7 nitrogen and oxygen atoms in total. The molecule has 0 bridgehead atoms. The Balaban J connectivity index is 1.57. The van der Waals surface area contributed by atoms with Crippen LogP contribution in [-0.4, -0.2) is 54.6 Å². The van der Waals surface area contributed by atoms with Crippen LogP contribution in [0.1, 0.15) is 34.5 Å². The number of piperidine rings is 1. The normalized spacial score (nSPS) is 18.9. The predicted molar refractivity (Wildman–Crippen MR) is 91.5 cm³/mol. The fourth-order valence-corrected chi connectivity index (χ4v) is 3.64. The van der Waals surface area contributed by atoms with Gasteiger partial charge in [-0.05, 0) is 30.9 Å². The van der Waals surface area contributed by atoms with Crippen LogP contribution in [0.25, 0.3) is 0 Å². The number of carbonyl (C=O) groups is 1. The Morgan fingerprint density at radius 3 is 2.80 bits per heavy atom. The molecule has 0 radical (unpaired) electrons. The number of aromatic nitrogens is 2. The molecule has 25 heavy (non-hydrogen) atoms. The molecule has 2 aliphatic rings. The minimum Gasteiger partial charge on any atom is -0.472 e. The third-order valence-electron chi connectivity index (χ3n) is 5.06. The number of amides is 1. The van der Waals surface area contributed by atoms with Crippen molar-refractivity contribution in [3.63, 3.8) is 0 Å². The van der Waals surface area contributed by atoms with Crippen LogP contribution >= 0.6 is 0 Å². The third kappa shape index (κ3) is 2.78. The summed E-state index contributed by atoms with van der Waals surface area (Å²) < 4.78 is 11.2. The van der Waals surface area contributed by atoms with Crippen molar-refractivity contribution in [3.8, 4) is 0 Å². The number of likely N-dealkylation sites (tertiary alicyclic amines) is 1. The molecule has 1 fully saturated rings. The number of fused-ring (bicyclic) bond motifs is 2. The van der Waals surface area contributed by atoms with Gasteiger partial charge < -0.3 is 19.0 Å². The first kappa shape index (κ1) is 16.1. The van der Waals surface area contributed by atoms with Gasteiger partial charge in [-0.25, -0.2) is 9.97 Å². The largest absolute Gasteiger partial charge is 0.472 e. The number of rotatable bonds is 2. The Morgan fingerprint density at radius 1 is 1.32 bits per heavy atom. The highest BCUT2D eigenvalue weighted by Crippen LogP contribution is 2.40. The molecule has 2 aliphatic heterocycles. The van der Waals surface area contributed by atoms with E-state index in [0.717, 1.165) is 30.5 Å². The summed E-state index contributed by atoms with van der Waals surface area (Å²) in [6.07, 6.45) is 7.27. The van der Waals surface area contributed by atoms with Gasteiger partial charge >= 0.3 is 0 Å². The minimum atomic E-state index is -0.408. The van der Waals surface area contributed by atoms with Gasteiger partial charge in [0.1, 0.15) is 11.9 Å². The number of furan rings is 1. The van der Waals surface area contributed by atoms with Crippen LogP contribution in [0.2, 0.25) is 0 Å². The number of anilines is 1. The molecular weight excluding hydrogens is 320 g/mol. The first-order valence-corrected chi connectivity index (χ1v) is 8.58. The summed E-state index contributed by atoms with van der Waals surface area (Å²) in [6.45, 7) is 1.96. The molecular formula is C18H22N4O3. The fourth-order valence-electron chi connectivity index (χ4n) is 3.64. The molecule has 0 atom stereocenters. The Hall–Kier alpha value is -2.41. The second-order valence-electron chi connectivity index (χ2n) is 6.84. The van der Waals surface area contributed by atoms with Crippen LogP contribution in [0.3, 0.4) is 0 Å². The molecule has 2 aromatic rings. The zero-order valence-corrected chi connectivity index (χ0v) is 14.6. The van der Waals surface area contributed by atoms with Gasteiger partial charge in [-0.3, -0.25) is 4.79 Å². The van der Waals surface area contributed by atoms with Crippen molar-refractivity contribution in [1.82, 2.24) is 14.9 Å². The molecule has 132 valence electrons. The van der Waals surface area contributed by atoms with E-state index in [0.29, 0.717) is 31.2 Å². The van der Waals surface area contributed by atoms with Crippen molar-refractivity contribution in [2.45, 2.75) is 24.9 Å². The van der Waals surface area contributed by atoms with Crippen molar-refractivity contribution in [1.29, 1.82) is 0 Å². The number of ether oxygens (including phenoxy) is 1. The van der Waals surface area contributed by atoms with Crippen LogP contribution < -0.4 is 4.90 Å². The minimum absolute atomic E-state index is 0.0105. The monoisotopic (exact) mass is 342 g/mol. The number of hydrogen-bond donors (Lipinski definition) is 0. The van der Waals surface area contributed by atoms with Crippen molar-refractivity contribution in [3.05, 3.63) is 41.6 Å². The highest BCUT2D eigenvalue weighted by Gasteiger charge is 2.43. The Morgan fingerprint density at radius 2 is 2.12 bits per heavy atom. The van der Waals surface area contributed by atoms with E-state index >= 15 is 0 Å². The van der Waals surface area contributed by atoms with Gasteiger partial charge in [-0.15, -0.1) is 0 Å². The maximum Gasteiger partial charge on any atom is 0.257 e. The number of carbonyl (C=O) groups excluding carboxylic acids is 1. The highest BCUT2D eigenvalue weighted by molar-refractivity contribution is 5.93. The lowest BCUT2D eigenvalue weighted by Crippen LogP contribution is -2.49. The zero-order valence-electron chi connectivity index (χ0n) is 14.6. The number of hydrogen-bond acceptors (Lipinski definition) is 6. The lowest BCUT2D eigenvalue weighted by molar-refractivity contribution is -0.0967. The molecule has 7 heteroatoms. The summed E-state index contributed by atoms with van der Waals surface area (Å²) >= 11 is 0. The topological polar surface area (TPSA) is 71.7 Å². The van der Waals surface area contributed by atoms with E-state index in [9.17, 15) is 4.79 Å². The second kappa shape index (κ2) is 6.15. The number of nitrogens with zero attached hydrogens (tertiary/aromatic N) is 4. The maximum absolute atomic E-state index is 12.5. The van der Waals surface area contributed by atoms with Gasteiger partial charge in [0.25, 0.3) is 5.91 Å². The summed E-state index contributed by atoms with van der Waals surface area (Å²) in [5, 5.41) is 0. The maximum atomic E-state index is 12.5. The lowest BCUT2D eigenvalue weighted by Gasteiger charge is -2.44. The molecule has 0 unspecified atom stereocenters. The molecule has 0 N–H and O–H groups in total. The van der Waals surface area contributed by atoms with Gasteiger partial charge in [0.2, 0.25) is 5.95 Å². The van der Waals surface area contributed by atoms with Crippen molar-refractivity contribution in [2.24, 2.45) is 0 Å². The summed E-state index contributed by atoms with van der Waals surface area (Å²) in [7, 11) is 3.87. The van der Waals surface area contributed by atoms with E-state index in [-0.39, 0.29) is 5.91 Å². The van der Waals surface area contributed by atoms with Gasteiger partial charge in [-0.1, -0.05) is 0 Å². The van der Waals surface area contributed by atoms with Crippen molar-refractivity contribution >= 4 is 11.9 Å². The summed E-state index contributed by atoms with van der Waals surface area (Å²) in [4.78, 5) is 25.5. The Kier molecular flexibility index (Phi) is 3.95. The lowest BCUT2D eigenvalue weighted by atomic mass is 9.83. The van der Waals surface area contributed by atoms with E-state index in [1.807, 2.05) is 30.1 Å². The van der Waals surface area contributed by atoms with Crippen LogP contribution in [0.5, 0.6) is 0 Å². The quantitative estimate of drug-likeness (QED) is 0.829. The molecule has 0 saturated carbocycles. The van der Waals surface area contributed by atoms with Gasteiger partial charge in [-0.2, -0.15) is 0 Å². The van der Waals surface area contributed by atoms with Gasteiger partial charge in [0, 0.05) is 33.4 Å². The summed E-state index contributed by atoms with van der Waals surface area (Å²) in [5.41, 5.74) is 2.34. The van der Waals surface area contributed by atoms with E-state index in [2.05, 4.69) is 4.98 Å². The van der Waals surface area contributed by atoms with Crippen LogP contribution in [0, 0.1) is 0 Å². The average Bonchev–Trinajstić information content (AvgIpc) is 3.16. The van der Waals surface area contributed by atoms with Crippen LogP contribution in [0.15, 0.2) is 29.2 Å². The molecule has 1 spiro atoms. The van der Waals surface area contributed by atoms with Crippen molar-refractivity contribution < 1.29 is 13.9 Å². The van der Waals surface area contributed by atoms with Crippen LogP contribution in [-0.2, 0) is 16.8 Å². The fraction of sp³-hybridized carbons (Fsp3) is 0.500. The average molecular weight is 342 g/mol. The Labute approximate surface area is 146 Å². The highest BCUT2D eigenvalue weighted by atomic mass is 16.5. The first-order chi connectivity index (χ1) is 12.1. The Bertz CT molecular complexity index is 765. The zero-order chi connectivity index (χ0) is 17.4. The smallest absolute Gasteiger partial charge is 0.257 e. The molecule has 0 aliphatic carbocycles. The van der Waals surface area contributed by atoms with Crippen LogP contribution in [0.4, 0.5) is 5.95 Å². The van der Waals surface area contributed by atoms with E-state index in [1.165, 1.54) is 12.5 Å².